The van der Waals surface area contributed by atoms with Crippen LogP contribution < -0.4 is 4.90 Å². The number of carbonyl (C=O) groups excluding carboxylic acids is 1. The number of fused-ring (bicyclic) bond motifs is 2. The van der Waals surface area contributed by atoms with Crippen molar-refractivity contribution in [3.63, 3.8) is 0 Å². The molecule has 7 nitrogen and oxygen atoms in total. The van der Waals surface area contributed by atoms with E-state index in [0.29, 0.717) is 30.8 Å². The Kier molecular flexibility index (Phi) is 5.14. The van der Waals surface area contributed by atoms with Crippen LogP contribution in [0.3, 0.4) is 0 Å². The minimum absolute atomic E-state index is 0.0680. The summed E-state index contributed by atoms with van der Waals surface area (Å²) in [5, 5.41) is 0. The molecule has 2 aliphatic rings. The fraction of sp³-hybridized carbons (Fsp3) is 0.381. The van der Waals surface area contributed by atoms with Crippen LogP contribution in [0.5, 0.6) is 0 Å². The molecule has 2 heterocycles. The summed E-state index contributed by atoms with van der Waals surface area (Å²) >= 11 is 0. The molecule has 2 aromatic carbocycles. The fourth-order valence-corrected chi connectivity index (χ4v) is 6.52. The molecule has 2 aliphatic heterocycles. The minimum Gasteiger partial charge on any atom is -0.343 e. The predicted molar refractivity (Wildman–Crippen MR) is 113 cm³/mol. The summed E-state index contributed by atoms with van der Waals surface area (Å²) in [6.45, 7) is 0.467. The van der Waals surface area contributed by atoms with Crippen LogP contribution in [0.4, 0.5) is 11.4 Å². The van der Waals surface area contributed by atoms with E-state index >= 15 is 0 Å². The maximum absolute atomic E-state index is 13.2. The van der Waals surface area contributed by atoms with E-state index in [-0.39, 0.29) is 26.6 Å². The van der Waals surface area contributed by atoms with Crippen molar-refractivity contribution in [1.29, 1.82) is 0 Å². The van der Waals surface area contributed by atoms with Crippen LogP contribution in [0, 0.1) is 0 Å². The SMILES string of the molecule is CN1C(=O)CCCC1CCN1c2ccccc2S(=O)(=O)c2ccc(S(C)(=O)=O)cc21. The topological polar surface area (TPSA) is 91.8 Å². The first-order valence-corrected chi connectivity index (χ1v) is 13.2. The number of rotatable bonds is 4. The molecule has 1 saturated heterocycles. The Morgan fingerprint density at radius 2 is 1.77 bits per heavy atom. The third-order valence-corrected chi connectivity index (χ3v) is 8.90. The first kappa shape index (κ1) is 20.9. The highest BCUT2D eigenvalue weighted by Crippen LogP contribution is 2.45. The zero-order chi connectivity index (χ0) is 21.7. The molecule has 2 aromatic rings. The number of anilines is 2. The highest BCUT2D eigenvalue weighted by Gasteiger charge is 2.35. The van der Waals surface area contributed by atoms with E-state index in [1.807, 2.05) is 4.90 Å². The maximum atomic E-state index is 13.2. The molecular formula is C21H24N2O5S2. The molecule has 0 radical (unpaired) electrons. The van der Waals surface area contributed by atoms with Crippen molar-refractivity contribution in [2.24, 2.45) is 0 Å². The molecule has 1 atom stereocenters. The highest BCUT2D eigenvalue weighted by molar-refractivity contribution is 7.92. The second-order valence-corrected chi connectivity index (χ2v) is 11.8. The van der Waals surface area contributed by atoms with Gasteiger partial charge in [0.1, 0.15) is 0 Å². The van der Waals surface area contributed by atoms with Gasteiger partial charge in [-0.3, -0.25) is 4.79 Å². The zero-order valence-corrected chi connectivity index (χ0v) is 18.5. The van der Waals surface area contributed by atoms with Gasteiger partial charge in [-0.05, 0) is 49.6 Å². The molecule has 4 rings (SSSR count). The maximum Gasteiger partial charge on any atom is 0.222 e. The van der Waals surface area contributed by atoms with Gasteiger partial charge in [-0.1, -0.05) is 12.1 Å². The largest absolute Gasteiger partial charge is 0.343 e. The van der Waals surface area contributed by atoms with Crippen LogP contribution in [-0.2, 0) is 24.5 Å². The van der Waals surface area contributed by atoms with E-state index in [2.05, 4.69) is 0 Å². The van der Waals surface area contributed by atoms with Gasteiger partial charge in [0.15, 0.2) is 9.84 Å². The van der Waals surface area contributed by atoms with Crippen molar-refractivity contribution in [2.45, 2.75) is 46.4 Å². The van der Waals surface area contributed by atoms with Crippen LogP contribution in [-0.4, -0.2) is 53.5 Å². The van der Waals surface area contributed by atoms with Crippen LogP contribution in [0.25, 0.3) is 0 Å². The van der Waals surface area contributed by atoms with Gasteiger partial charge in [-0.15, -0.1) is 0 Å². The first-order chi connectivity index (χ1) is 14.1. The number of sulfone groups is 2. The molecule has 1 fully saturated rings. The number of amides is 1. The van der Waals surface area contributed by atoms with E-state index in [0.717, 1.165) is 19.1 Å². The molecule has 0 aromatic heterocycles. The Hall–Kier alpha value is -2.39. The van der Waals surface area contributed by atoms with Crippen molar-refractivity contribution in [3.8, 4) is 0 Å². The van der Waals surface area contributed by atoms with Gasteiger partial charge >= 0.3 is 0 Å². The summed E-state index contributed by atoms with van der Waals surface area (Å²) < 4.78 is 50.6. The Bertz CT molecular complexity index is 1220. The third kappa shape index (κ3) is 3.50. The third-order valence-electron chi connectivity index (χ3n) is 5.94. The van der Waals surface area contributed by atoms with E-state index in [4.69, 9.17) is 0 Å². The Morgan fingerprint density at radius 1 is 1.07 bits per heavy atom. The molecule has 0 aliphatic carbocycles. The monoisotopic (exact) mass is 448 g/mol. The molecule has 160 valence electrons. The lowest BCUT2D eigenvalue weighted by atomic mass is 9.99. The lowest BCUT2D eigenvalue weighted by Gasteiger charge is -2.37. The van der Waals surface area contributed by atoms with Gasteiger partial charge in [0.25, 0.3) is 0 Å². The Balaban J connectivity index is 1.79. The van der Waals surface area contributed by atoms with Crippen molar-refractivity contribution >= 4 is 37.0 Å². The summed E-state index contributed by atoms with van der Waals surface area (Å²) in [6, 6.07) is 11.0. The second kappa shape index (κ2) is 7.39. The zero-order valence-electron chi connectivity index (χ0n) is 16.9. The van der Waals surface area contributed by atoms with Gasteiger partial charge in [0, 0.05) is 32.3 Å². The summed E-state index contributed by atoms with van der Waals surface area (Å²) in [4.78, 5) is 16.1. The van der Waals surface area contributed by atoms with Crippen LogP contribution in [0.15, 0.2) is 57.2 Å². The predicted octanol–water partition coefficient (Wildman–Crippen LogP) is 2.78. The standard InChI is InChI=1S/C21H24N2O5S2/c1-22-15(6-5-9-21(22)24)12-13-23-17-7-3-4-8-19(17)30(27,28)20-11-10-16(14-18(20)23)29(2,25)26/h3-4,7-8,10-11,14-15H,5-6,9,12-13H2,1-2H3. The highest BCUT2D eigenvalue weighted by atomic mass is 32.2. The van der Waals surface area contributed by atoms with E-state index in [1.54, 1.807) is 36.2 Å². The number of hydrogen-bond donors (Lipinski definition) is 0. The lowest BCUT2D eigenvalue weighted by Crippen LogP contribution is -2.42. The van der Waals surface area contributed by atoms with Crippen molar-refractivity contribution in [1.82, 2.24) is 4.90 Å². The van der Waals surface area contributed by atoms with Crippen LogP contribution >= 0.6 is 0 Å². The summed E-state index contributed by atoms with van der Waals surface area (Å²) in [5.41, 5.74) is 0.891. The number of carbonyl (C=O) groups is 1. The van der Waals surface area contributed by atoms with Gasteiger partial charge in [0.05, 0.1) is 26.1 Å². The summed E-state index contributed by atoms with van der Waals surface area (Å²) in [6.07, 6.45) is 4.05. The number of benzene rings is 2. The Labute approximate surface area is 177 Å². The normalized spacial score (nSPS) is 20.6. The number of likely N-dealkylation sites (tertiary alicyclic amines) is 1. The molecule has 0 spiro atoms. The van der Waals surface area contributed by atoms with Gasteiger partial charge < -0.3 is 9.80 Å². The van der Waals surface area contributed by atoms with Crippen LogP contribution in [0.2, 0.25) is 0 Å². The van der Waals surface area contributed by atoms with Crippen molar-refractivity contribution < 1.29 is 21.6 Å². The molecule has 30 heavy (non-hydrogen) atoms. The number of hydrogen-bond acceptors (Lipinski definition) is 6. The molecular weight excluding hydrogens is 424 g/mol. The molecule has 9 heteroatoms. The molecule has 0 N–H and O–H groups in total. The molecule has 1 unspecified atom stereocenters. The molecule has 0 saturated carbocycles. The van der Waals surface area contributed by atoms with Gasteiger partial charge in [-0.25, -0.2) is 16.8 Å². The van der Waals surface area contributed by atoms with Crippen molar-refractivity contribution in [3.05, 3.63) is 42.5 Å². The lowest BCUT2D eigenvalue weighted by molar-refractivity contribution is -0.134. The molecule has 1 amide bonds. The second-order valence-electron chi connectivity index (χ2n) is 7.86. The number of piperidine rings is 1. The van der Waals surface area contributed by atoms with Gasteiger partial charge in [-0.2, -0.15) is 0 Å². The quantitative estimate of drug-likeness (QED) is 0.714. The van der Waals surface area contributed by atoms with Crippen molar-refractivity contribution in [2.75, 3.05) is 24.7 Å². The number of para-hydroxylation sites is 1. The summed E-state index contributed by atoms with van der Waals surface area (Å²) in [5.74, 6) is 0.118. The smallest absolute Gasteiger partial charge is 0.222 e. The Morgan fingerprint density at radius 3 is 2.50 bits per heavy atom. The van der Waals surface area contributed by atoms with Crippen LogP contribution in [0.1, 0.15) is 25.7 Å². The molecule has 0 bridgehead atoms. The fourth-order valence-electron chi connectivity index (χ4n) is 4.24. The first-order valence-electron chi connectivity index (χ1n) is 9.82. The van der Waals surface area contributed by atoms with Gasteiger partial charge in [0.2, 0.25) is 15.7 Å². The van der Waals surface area contributed by atoms with E-state index < -0.39 is 19.7 Å². The van der Waals surface area contributed by atoms with E-state index in [1.165, 1.54) is 18.2 Å². The summed E-state index contributed by atoms with van der Waals surface area (Å²) in [7, 11) is -5.46. The minimum atomic E-state index is -3.76. The van der Waals surface area contributed by atoms with E-state index in [9.17, 15) is 21.6 Å². The average molecular weight is 449 g/mol. The average Bonchev–Trinajstić information content (AvgIpc) is 2.70. The number of nitrogens with zero attached hydrogens (tertiary/aromatic N) is 2.